The van der Waals surface area contributed by atoms with Crippen molar-refractivity contribution in [1.82, 2.24) is 19.6 Å². The van der Waals surface area contributed by atoms with Crippen LogP contribution in [0.2, 0.25) is 0 Å². The highest BCUT2D eigenvalue weighted by Crippen LogP contribution is 2.42. The first-order valence-corrected chi connectivity index (χ1v) is 23.7. The number of ether oxygens (including phenoxy) is 2. The second-order valence-corrected chi connectivity index (χ2v) is 21.5. The first kappa shape index (κ1) is 50.9. The predicted octanol–water partition coefficient (Wildman–Crippen LogP) is 10.1. The summed E-state index contributed by atoms with van der Waals surface area (Å²) in [5, 5.41) is 22.6. The van der Waals surface area contributed by atoms with Gasteiger partial charge in [-0.05, 0) is 142 Å². The molecule has 2 aromatic rings. The van der Waals surface area contributed by atoms with Gasteiger partial charge in [0.1, 0.15) is 36.9 Å². The van der Waals surface area contributed by atoms with Crippen LogP contribution in [0.25, 0.3) is 0 Å². The smallest absolute Gasteiger partial charge is 0.119 e. The number of hydrogen-bond donors (Lipinski definition) is 2. The molecule has 2 aliphatic rings. The highest BCUT2D eigenvalue weighted by Gasteiger charge is 2.47. The Bertz CT molecular complexity index is 1480. The van der Waals surface area contributed by atoms with Crippen molar-refractivity contribution in [1.29, 1.82) is 0 Å². The Morgan fingerprint density at radius 3 is 1.21 bits per heavy atom. The maximum Gasteiger partial charge on any atom is 0.119 e. The van der Waals surface area contributed by atoms with Gasteiger partial charge in [0, 0.05) is 65.8 Å². The van der Waals surface area contributed by atoms with Crippen molar-refractivity contribution in [3.63, 3.8) is 0 Å². The molecule has 0 aromatic heterocycles. The van der Waals surface area contributed by atoms with E-state index in [1.165, 1.54) is 11.1 Å². The van der Waals surface area contributed by atoms with Crippen LogP contribution in [-0.4, -0.2) is 129 Å². The van der Waals surface area contributed by atoms with Gasteiger partial charge < -0.3 is 19.7 Å². The van der Waals surface area contributed by atoms with Crippen molar-refractivity contribution in [3.05, 3.63) is 85.0 Å². The summed E-state index contributed by atoms with van der Waals surface area (Å²) in [6, 6.07) is 17.4. The standard InChI is InChI=1S/C53H88N4O4/c1-15-19-31-54(43-33-49(5,6)56(29-17-3)50(7,8)34-43)37-45(58)39-60-47-25-21-41(22-26-47)53(13,14)42-23-27-48(28-24-42)61-40-46(59)38-55(32-20-16-2)44-35-51(9,10)57(30-18-4)52(11,12)36-44/h17-18,21-28,43-46,58-59H,3-4,15-16,19-20,29-40H2,1-2,5-14H3. The third kappa shape index (κ3) is 13.6. The third-order valence-electron chi connectivity index (χ3n) is 14.0. The Morgan fingerprint density at radius 2 is 0.934 bits per heavy atom. The summed E-state index contributed by atoms with van der Waals surface area (Å²) in [4.78, 5) is 10.2. The minimum atomic E-state index is -0.585. The molecule has 0 aliphatic carbocycles. The van der Waals surface area contributed by atoms with Crippen LogP contribution in [0.3, 0.4) is 0 Å². The molecular formula is C53H88N4O4. The molecule has 8 heteroatoms. The number of likely N-dealkylation sites (tertiary alicyclic amines) is 2. The van der Waals surface area contributed by atoms with Gasteiger partial charge in [0.05, 0.1) is 0 Å². The van der Waals surface area contributed by atoms with Gasteiger partial charge in [-0.25, -0.2) is 0 Å². The van der Waals surface area contributed by atoms with Gasteiger partial charge in [0.25, 0.3) is 0 Å². The molecule has 0 radical (unpaired) electrons. The Balaban J connectivity index is 1.31. The molecule has 2 aromatic carbocycles. The van der Waals surface area contributed by atoms with E-state index in [2.05, 4.69) is 140 Å². The molecule has 0 amide bonds. The summed E-state index contributed by atoms with van der Waals surface area (Å²) in [6.07, 6.45) is 11.6. The number of nitrogens with zero attached hydrogens (tertiary/aromatic N) is 4. The van der Waals surface area contributed by atoms with Crippen molar-refractivity contribution in [3.8, 4) is 11.5 Å². The number of unbranched alkanes of at least 4 members (excludes halogenated alkanes) is 2. The maximum absolute atomic E-state index is 11.3. The highest BCUT2D eigenvalue weighted by molar-refractivity contribution is 5.42. The van der Waals surface area contributed by atoms with E-state index in [0.717, 1.165) is 89.0 Å². The first-order valence-electron chi connectivity index (χ1n) is 23.7. The van der Waals surface area contributed by atoms with Crippen molar-refractivity contribution >= 4 is 0 Å². The lowest BCUT2D eigenvalue weighted by Gasteiger charge is -2.57. The molecule has 2 atom stereocenters. The van der Waals surface area contributed by atoms with E-state index in [-0.39, 0.29) is 40.8 Å². The highest BCUT2D eigenvalue weighted by atomic mass is 16.5. The summed E-state index contributed by atoms with van der Waals surface area (Å²) in [7, 11) is 0. The number of aliphatic hydroxyl groups excluding tert-OH is 2. The van der Waals surface area contributed by atoms with Crippen molar-refractivity contribution in [2.75, 3.05) is 52.5 Å². The van der Waals surface area contributed by atoms with Crippen molar-refractivity contribution in [2.45, 2.75) is 186 Å². The fraction of sp³-hybridized carbons (Fsp3) is 0.698. The normalized spacial score (nSPS) is 20.7. The summed E-state index contributed by atoms with van der Waals surface area (Å²) in [5.74, 6) is 1.53. The van der Waals surface area contributed by atoms with Gasteiger partial charge >= 0.3 is 0 Å². The van der Waals surface area contributed by atoms with E-state index in [9.17, 15) is 10.2 Å². The maximum atomic E-state index is 11.3. The van der Waals surface area contributed by atoms with Gasteiger partial charge in [-0.1, -0.05) is 77.0 Å². The number of benzene rings is 2. The summed E-state index contributed by atoms with van der Waals surface area (Å²) >= 11 is 0. The van der Waals surface area contributed by atoms with Crippen LogP contribution < -0.4 is 9.47 Å². The van der Waals surface area contributed by atoms with E-state index in [1.807, 2.05) is 36.4 Å². The lowest BCUT2D eigenvalue weighted by atomic mass is 9.76. The van der Waals surface area contributed by atoms with Gasteiger partial charge in [0.15, 0.2) is 0 Å². The van der Waals surface area contributed by atoms with Crippen LogP contribution in [0.1, 0.15) is 146 Å². The molecule has 2 fully saturated rings. The Kier molecular flexibility index (Phi) is 18.2. The molecule has 2 unspecified atom stereocenters. The van der Waals surface area contributed by atoms with Crippen LogP contribution in [0.4, 0.5) is 0 Å². The van der Waals surface area contributed by atoms with Crippen LogP contribution in [-0.2, 0) is 5.41 Å². The quantitative estimate of drug-likeness (QED) is 0.101. The zero-order valence-corrected chi connectivity index (χ0v) is 40.8. The summed E-state index contributed by atoms with van der Waals surface area (Å²) in [5.41, 5.74) is 2.26. The topological polar surface area (TPSA) is 71.9 Å². The minimum Gasteiger partial charge on any atom is -0.491 e. The number of rotatable bonds is 24. The van der Waals surface area contributed by atoms with Gasteiger partial charge in [-0.3, -0.25) is 19.6 Å². The molecular weight excluding hydrogens is 757 g/mol. The fourth-order valence-corrected chi connectivity index (χ4v) is 11.0. The van der Waals surface area contributed by atoms with Crippen LogP contribution >= 0.6 is 0 Å². The zero-order valence-electron chi connectivity index (χ0n) is 40.8. The lowest BCUT2D eigenvalue weighted by molar-refractivity contribution is -0.0663. The molecule has 0 saturated carbocycles. The number of hydrogen-bond acceptors (Lipinski definition) is 8. The fourth-order valence-electron chi connectivity index (χ4n) is 11.0. The van der Waals surface area contributed by atoms with Crippen LogP contribution in [0.15, 0.2) is 73.8 Å². The monoisotopic (exact) mass is 845 g/mol. The molecule has 0 bridgehead atoms. The van der Waals surface area contributed by atoms with Gasteiger partial charge in [-0.15, -0.1) is 13.2 Å². The van der Waals surface area contributed by atoms with E-state index < -0.39 is 12.2 Å². The lowest BCUT2D eigenvalue weighted by Crippen LogP contribution is -2.64. The van der Waals surface area contributed by atoms with Gasteiger partial charge in [0.2, 0.25) is 0 Å². The van der Waals surface area contributed by atoms with Crippen LogP contribution in [0, 0.1) is 0 Å². The number of piperidine rings is 2. The van der Waals surface area contributed by atoms with Gasteiger partial charge in [-0.2, -0.15) is 0 Å². The van der Waals surface area contributed by atoms with E-state index in [0.29, 0.717) is 25.2 Å². The minimum absolute atomic E-state index is 0.0393. The molecule has 4 rings (SSSR count). The van der Waals surface area contributed by atoms with E-state index in [1.54, 1.807) is 0 Å². The molecule has 2 aliphatic heterocycles. The second-order valence-electron chi connectivity index (χ2n) is 21.5. The van der Waals surface area contributed by atoms with Crippen molar-refractivity contribution in [2.24, 2.45) is 0 Å². The average molecular weight is 845 g/mol. The van der Waals surface area contributed by atoms with E-state index >= 15 is 0 Å². The molecule has 0 spiro atoms. The summed E-state index contributed by atoms with van der Waals surface area (Å²) in [6.45, 7) is 41.3. The Labute approximate surface area is 373 Å². The summed E-state index contributed by atoms with van der Waals surface area (Å²) < 4.78 is 12.4. The largest absolute Gasteiger partial charge is 0.491 e. The molecule has 61 heavy (non-hydrogen) atoms. The van der Waals surface area contributed by atoms with E-state index in [4.69, 9.17) is 9.47 Å². The molecule has 8 nitrogen and oxygen atoms in total. The third-order valence-corrected chi connectivity index (χ3v) is 14.0. The predicted molar refractivity (Wildman–Crippen MR) is 257 cm³/mol. The second kappa shape index (κ2) is 21.8. The van der Waals surface area contributed by atoms with Crippen LogP contribution in [0.5, 0.6) is 11.5 Å². The number of aliphatic hydroxyl groups is 2. The molecule has 344 valence electrons. The van der Waals surface area contributed by atoms with Crippen molar-refractivity contribution < 1.29 is 19.7 Å². The average Bonchev–Trinajstić information content (AvgIpc) is 3.18. The zero-order chi connectivity index (χ0) is 45.2. The molecule has 2 saturated heterocycles. The molecule has 2 heterocycles. The Hall–Kier alpha value is -2.72. The first-order chi connectivity index (χ1) is 28.6. The Morgan fingerprint density at radius 1 is 0.623 bits per heavy atom. The molecule has 2 N–H and O–H groups in total. The SMILES string of the molecule is C=CCN1C(C)(C)CC(N(CCCC)CC(O)COc2ccc(C(C)(C)c3ccc(OCC(O)CN(CCCC)C4CC(C)(C)N(CC=C)C(C)(C)C4)cc3)cc2)CC1(C)C.